The molecule has 1 aliphatic rings. The molecule has 0 unspecified atom stereocenters. The van der Waals surface area contributed by atoms with Crippen LogP contribution >= 0.6 is 11.8 Å². The van der Waals surface area contributed by atoms with Gasteiger partial charge in [-0.1, -0.05) is 0 Å². The number of carboxylic acids is 1. The molecule has 0 radical (unpaired) electrons. The molecule has 1 saturated heterocycles. The minimum Gasteiger partial charge on any atom is -0.477 e. The Balaban J connectivity index is 2.17. The summed E-state index contributed by atoms with van der Waals surface area (Å²) in [4.78, 5) is 10.5. The van der Waals surface area contributed by atoms with E-state index in [0.717, 1.165) is 0 Å². The van der Waals surface area contributed by atoms with Crippen molar-refractivity contribution >= 4 is 17.7 Å². The maximum absolute atomic E-state index is 10.5. The number of hydrogen-bond donors (Lipinski definition) is 5. The van der Waals surface area contributed by atoms with Crippen molar-refractivity contribution in [3.8, 4) is 0 Å². The van der Waals surface area contributed by atoms with Crippen LogP contribution in [0.25, 0.3) is 0 Å². The molecule has 100 valence electrons. The fourth-order valence-corrected chi connectivity index (χ4v) is 2.54. The van der Waals surface area contributed by atoms with Gasteiger partial charge in [0.25, 0.3) is 0 Å². The second kappa shape index (κ2) is 6.53. The summed E-state index contributed by atoms with van der Waals surface area (Å²) in [6, 6.07) is -0.645. The number of aliphatic hydroxyl groups excluding tert-OH is 3. The lowest BCUT2D eigenvalue weighted by Gasteiger charge is -2.13. The van der Waals surface area contributed by atoms with E-state index in [2.05, 4.69) is 5.73 Å². The van der Waals surface area contributed by atoms with Gasteiger partial charge < -0.3 is 30.9 Å². The van der Waals surface area contributed by atoms with E-state index in [1.807, 2.05) is 0 Å². The zero-order chi connectivity index (χ0) is 13.0. The molecule has 5 atom stereocenters. The lowest BCUT2D eigenvalue weighted by molar-refractivity contribution is -0.407. The molecule has 1 aliphatic heterocycles. The van der Waals surface area contributed by atoms with Crippen LogP contribution in [-0.2, 0) is 9.53 Å². The summed E-state index contributed by atoms with van der Waals surface area (Å²) in [5.74, 6) is 0.0227. The quantitative estimate of drug-likeness (QED) is 0.329. The lowest BCUT2D eigenvalue weighted by Crippen LogP contribution is -2.65. The van der Waals surface area contributed by atoms with E-state index in [-0.39, 0.29) is 0 Å². The zero-order valence-corrected chi connectivity index (χ0v) is 10.0. The van der Waals surface area contributed by atoms with Crippen LogP contribution in [0.2, 0.25) is 0 Å². The Morgan fingerprint density at radius 1 is 1.35 bits per heavy atom. The Morgan fingerprint density at radius 3 is 2.47 bits per heavy atom. The van der Waals surface area contributed by atoms with Crippen LogP contribution in [0, 0.1) is 0 Å². The predicted octanol–water partition coefficient (Wildman–Crippen LogP) is -2.76. The molecule has 0 spiro atoms. The molecule has 0 aliphatic carbocycles. The first-order chi connectivity index (χ1) is 7.93. The molecule has 1 heterocycles. The number of carboxylic acid groups (broad SMARTS) is 1. The maximum atomic E-state index is 10.5. The zero-order valence-electron chi connectivity index (χ0n) is 9.23. The minimum atomic E-state index is -1.35. The Morgan fingerprint density at radius 2 is 2.00 bits per heavy atom. The highest BCUT2D eigenvalue weighted by Gasteiger charge is 2.41. The number of thioether (sulfide) groups is 1. The van der Waals surface area contributed by atoms with Crippen LogP contribution in [0.1, 0.15) is 6.42 Å². The fraction of sp³-hybridized carbons (Fsp3) is 0.889. The molecule has 7 N–H and O–H groups in total. The molecule has 7 nitrogen and oxygen atoms in total. The van der Waals surface area contributed by atoms with E-state index < -0.39 is 36.6 Å². The van der Waals surface area contributed by atoms with Crippen molar-refractivity contribution in [1.82, 2.24) is 0 Å². The number of ether oxygens (including phenoxy) is 1. The summed E-state index contributed by atoms with van der Waals surface area (Å²) >= 11 is 1.39. The smallest absolute Gasteiger partial charge is 0.362 e. The third-order valence-electron chi connectivity index (χ3n) is 2.58. The van der Waals surface area contributed by atoms with Crippen molar-refractivity contribution in [2.24, 2.45) is 0 Å². The molecule has 0 aromatic carbocycles. The Kier molecular flexibility index (Phi) is 5.63. The first-order valence-electron chi connectivity index (χ1n) is 5.26. The van der Waals surface area contributed by atoms with Gasteiger partial charge in [0.05, 0.1) is 6.10 Å². The van der Waals surface area contributed by atoms with Crippen molar-refractivity contribution in [3.05, 3.63) is 0 Å². The molecule has 0 bridgehead atoms. The molecule has 1 fully saturated rings. The average Bonchev–Trinajstić information content (AvgIpc) is 2.52. The van der Waals surface area contributed by atoms with Gasteiger partial charge in [-0.3, -0.25) is 0 Å². The first kappa shape index (κ1) is 14.7. The predicted molar refractivity (Wildman–Crippen MR) is 59.1 cm³/mol. The van der Waals surface area contributed by atoms with Gasteiger partial charge in [-0.05, 0) is 5.75 Å². The van der Waals surface area contributed by atoms with Crippen LogP contribution in [0.3, 0.4) is 0 Å². The van der Waals surface area contributed by atoms with E-state index >= 15 is 0 Å². The number of quaternary nitrogens is 1. The van der Waals surface area contributed by atoms with Crippen LogP contribution in [0.5, 0.6) is 0 Å². The summed E-state index contributed by atoms with van der Waals surface area (Å²) in [6.45, 7) is 0. The standard InChI is InChI=1S/C9H17NO6S/c10-4(8(13)14)1-2-17-3-5-6(11)7(12)9(15)16-5/h4-7,9,11-12,15H,1-3,10H2,(H,13,14)/p+1/t4-,5+,6+,7+,9-/m0/s1. The topological polar surface area (TPSA) is 135 Å². The van der Waals surface area contributed by atoms with Gasteiger partial charge in [-0.2, -0.15) is 11.8 Å². The minimum absolute atomic E-state index is 0.391. The summed E-state index contributed by atoms with van der Waals surface area (Å²) in [5, 5.41) is 36.4. The highest BCUT2D eigenvalue weighted by atomic mass is 32.2. The first-order valence-corrected chi connectivity index (χ1v) is 6.42. The van der Waals surface area contributed by atoms with Crippen LogP contribution in [0.15, 0.2) is 0 Å². The van der Waals surface area contributed by atoms with Crippen LogP contribution < -0.4 is 5.73 Å². The van der Waals surface area contributed by atoms with Crippen molar-refractivity contribution in [2.75, 3.05) is 11.5 Å². The summed E-state index contributed by atoms with van der Waals surface area (Å²) in [5.41, 5.74) is 3.47. The third-order valence-corrected chi connectivity index (χ3v) is 3.67. The second-order valence-corrected chi connectivity index (χ2v) is 5.09. The van der Waals surface area contributed by atoms with Crippen LogP contribution in [-0.4, -0.2) is 68.5 Å². The van der Waals surface area contributed by atoms with E-state index in [0.29, 0.717) is 17.9 Å². The number of rotatable bonds is 6. The molecular formula is C9H18NO6S+. The van der Waals surface area contributed by atoms with E-state index in [1.165, 1.54) is 11.8 Å². The second-order valence-electron chi connectivity index (χ2n) is 3.95. The molecule has 1 rings (SSSR count). The van der Waals surface area contributed by atoms with Gasteiger partial charge in [0.15, 0.2) is 12.3 Å². The van der Waals surface area contributed by atoms with Gasteiger partial charge in [0, 0.05) is 12.2 Å². The number of aliphatic carboxylic acids is 1. The molecule has 8 heteroatoms. The Hall–Kier alpha value is -0.380. The highest BCUT2D eigenvalue weighted by molar-refractivity contribution is 7.99. The third kappa shape index (κ3) is 4.09. The summed E-state index contributed by atoms with van der Waals surface area (Å²) < 4.78 is 4.94. The fourth-order valence-electron chi connectivity index (χ4n) is 1.42. The largest absolute Gasteiger partial charge is 0.477 e. The van der Waals surface area contributed by atoms with E-state index in [9.17, 15) is 15.0 Å². The Bertz CT molecular complexity index is 266. The van der Waals surface area contributed by atoms with E-state index in [4.69, 9.17) is 14.9 Å². The number of aliphatic hydroxyl groups is 3. The molecule has 17 heavy (non-hydrogen) atoms. The maximum Gasteiger partial charge on any atom is 0.362 e. The van der Waals surface area contributed by atoms with Crippen molar-refractivity contribution in [1.29, 1.82) is 0 Å². The van der Waals surface area contributed by atoms with Gasteiger partial charge in [-0.15, -0.1) is 0 Å². The SMILES string of the molecule is [NH3+][C@@H](CCSC[C@H]1O[C@H](O)[C@H](O)[C@@H]1O)C(=O)O. The lowest BCUT2D eigenvalue weighted by atomic mass is 10.2. The van der Waals surface area contributed by atoms with Gasteiger partial charge in [0.2, 0.25) is 0 Å². The summed E-state index contributed by atoms with van der Waals surface area (Å²) in [6.07, 6.45) is -3.94. The molecular weight excluding hydrogens is 250 g/mol. The number of carbonyl (C=O) groups is 1. The van der Waals surface area contributed by atoms with Crippen molar-refractivity contribution in [3.63, 3.8) is 0 Å². The summed E-state index contributed by atoms with van der Waals surface area (Å²) in [7, 11) is 0. The van der Waals surface area contributed by atoms with Gasteiger partial charge >= 0.3 is 5.97 Å². The molecule has 0 amide bonds. The monoisotopic (exact) mass is 268 g/mol. The normalized spacial score (nSPS) is 34.8. The van der Waals surface area contributed by atoms with E-state index in [1.54, 1.807) is 0 Å². The number of hydrogen-bond acceptors (Lipinski definition) is 6. The van der Waals surface area contributed by atoms with Crippen molar-refractivity contribution in [2.45, 2.75) is 37.1 Å². The Labute approximate surface area is 103 Å². The van der Waals surface area contributed by atoms with Crippen LogP contribution in [0.4, 0.5) is 0 Å². The molecule has 0 aromatic rings. The highest BCUT2D eigenvalue weighted by Crippen LogP contribution is 2.22. The molecule has 0 saturated carbocycles. The van der Waals surface area contributed by atoms with Gasteiger partial charge in [0.1, 0.15) is 12.2 Å². The average molecular weight is 268 g/mol. The van der Waals surface area contributed by atoms with Crippen molar-refractivity contribution < 1.29 is 35.7 Å². The van der Waals surface area contributed by atoms with Gasteiger partial charge in [-0.25, -0.2) is 4.79 Å². The molecule has 0 aromatic heterocycles.